The van der Waals surface area contributed by atoms with Crippen molar-refractivity contribution in [3.8, 4) is 17.1 Å². The smallest absolute Gasteiger partial charge is 0.173 e. The Labute approximate surface area is 172 Å². The number of phenolic OH excluding ortho intramolecular Hbond substituents is 1. The minimum Gasteiger partial charge on any atom is -0.507 e. The van der Waals surface area contributed by atoms with Crippen LogP contribution in [0.2, 0.25) is 0 Å². The van der Waals surface area contributed by atoms with Gasteiger partial charge in [-0.15, -0.1) is 10.2 Å². The summed E-state index contributed by atoms with van der Waals surface area (Å²) in [6, 6.07) is 10.0. The standard InChI is InChI=1S/C22H30N6O/c1-16-8-9-18(20(29)14-16)22-25-24-21(19-7-5-11-28(19)22)23-17-6-4-10-27(15-17)13-12-26(2)3/h5,7-9,11,14,17,29H,4,6,10,12-13,15H2,1-3H3,(H,23,24)/t17-/m1/s1. The fourth-order valence-electron chi connectivity index (χ4n) is 3.98. The zero-order chi connectivity index (χ0) is 20.4. The predicted molar refractivity (Wildman–Crippen MR) is 116 cm³/mol. The van der Waals surface area contributed by atoms with Gasteiger partial charge in [0.05, 0.1) is 11.1 Å². The number of phenols is 1. The summed E-state index contributed by atoms with van der Waals surface area (Å²) < 4.78 is 1.99. The number of benzene rings is 1. The third kappa shape index (κ3) is 4.36. The van der Waals surface area contributed by atoms with E-state index in [4.69, 9.17) is 0 Å². The number of nitrogens with zero attached hydrogens (tertiary/aromatic N) is 5. The second kappa shape index (κ2) is 8.39. The van der Waals surface area contributed by atoms with Crippen molar-refractivity contribution in [3.63, 3.8) is 0 Å². The Morgan fingerprint density at radius 3 is 2.90 bits per heavy atom. The van der Waals surface area contributed by atoms with Crippen molar-refractivity contribution < 1.29 is 5.11 Å². The number of aromatic nitrogens is 3. The van der Waals surface area contributed by atoms with Crippen molar-refractivity contribution in [2.75, 3.05) is 45.6 Å². The molecule has 1 aliphatic heterocycles. The van der Waals surface area contributed by atoms with Gasteiger partial charge in [-0.2, -0.15) is 0 Å². The number of fused-ring (bicyclic) bond motifs is 1. The molecule has 2 aromatic heterocycles. The minimum absolute atomic E-state index is 0.221. The van der Waals surface area contributed by atoms with E-state index >= 15 is 0 Å². The van der Waals surface area contributed by atoms with Crippen molar-refractivity contribution in [3.05, 3.63) is 42.1 Å². The Hall–Kier alpha value is -2.64. The number of nitrogens with one attached hydrogen (secondary N) is 1. The van der Waals surface area contributed by atoms with Crippen molar-refractivity contribution in [2.24, 2.45) is 0 Å². The van der Waals surface area contributed by atoms with Gasteiger partial charge in [0.15, 0.2) is 11.6 Å². The maximum absolute atomic E-state index is 10.4. The van der Waals surface area contributed by atoms with Crippen LogP contribution in [0.15, 0.2) is 36.5 Å². The normalized spacial score (nSPS) is 17.9. The molecule has 7 nitrogen and oxygen atoms in total. The second-order valence-corrected chi connectivity index (χ2v) is 8.24. The molecule has 3 heterocycles. The number of hydrogen-bond donors (Lipinski definition) is 2. The van der Waals surface area contributed by atoms with E-state index in [0.717, 1.165) is 49.5 Å². The molecule has 2 N–H and O–H groups in total. The van der Waals surface area contributed by atoms with E-state index in [1.807, 2.05) is 41.8 Å². The molecule has 154 valence electrons. The molecule has 0 amide bonds. The maximum Gasteiger partial charge on any atom is 0.173 e. The van der Waals surface area contributed by atoms with Crippen LogP contribution in [0.3, 0.4) is 0 Å². The fraction of sp³-hybridized carbons (Fsp3) is 0.455. The first-order valence-electron chi connectivity index (χ1n) is 10.3. The van der Waals surface area contributed by atoms with E-state index in [1.54, 1.807) is 6.07 Å². The Morgan fingerprint density at radius 2 is 2.10 bits per heavy atom. The van der Waals surface area contributed by atoms with Crippen LogP contribution in [0.1, 0.15) is 18.4 Å². The summed E-state index contributed by atoms with van der Waals surface area (Å²) in [6.45, 7) is 6.29. The predicted octanol–water partition coefficient (Wildman–Crippen LogP) is 2.85. The van der Waals surface area contributed by atoms with Crippen LogP contribution in [-0.2, 0) is 0 Å². The van der Waals surface area contributed by atoms with Crippen LogP contribution >= 0.6 is 0 Å². The molecule has 0 unspecified atom stereocenters. The third-order valence-electron chi connectivity index (χ3n) is 5.57. The van der Waals surface area contributed by atoms with Gasteiger partial charge in [-0.3, -0.25) is 4.40 Å². The molecule has 29 heavy (non-hydrogen) atoms. The number of aromatic hydroxyl groups is 1. The highest BCUT2D eigenvalue weighted by Crippen LogP contribution is 2.30. The molecule has 0 bridgehead atoms. The van der Waals surface area contributed by atoms with Gasteiger partial charge in [-0.05, 0) is 70.2 Å². The van der Waals surface area contributed by atoms with Gasteiger partial charge in [0.1, 0.15) is 5.75 Å². The zero-order valence-corrected chi connectivity index (χ0v) is 17.5. The van der Waals surface area contributed by atoms with Crippen LogP contribution in [0.5, 0.6) is 5.75 Å². The van der Waals surface area contributed by atoms with Gasteiger partial charge in [0.2, 0.25) is 0 Å². The van der Waals surface area contributed by atoms with E-state index in [-0.39, 0.29) is 5.75 Å². The van der Waals surface area contributed by atoms with Gasteiger partial charge < -0.3 is 20.2 Å². The Balaban J connectivity index is 1.56. The molecule has 3 aromatic rings. The SMILES string of the molecule is Cc1ccc(-c2nnc(N[C@@H]3CCCN(CCN(C)C)C3)c3cccn23)c(O)c1. The van der Waals surface area contributed by atoms with Crippen LogP contribution < -0.4 is 5.32 Å². The van der Waals surface area contributed by atoms with Gasteiger partial charge in [-0.25, -0.2) is 0 Å². The quantitative estimate of drug-likeness (QED) is 0.670. The van der Waals surface area contributed by atoms with E-state index in [9.17, 15) is 5.11 Å². The number of hydrogen-bond acceptors (Lipinski definition) is 6. The summed E-state index contributed by atoms with van der Waals surface area (Å²) in [5, 5.41) is 22.9. The lowest BCUT2D eigenvalue weighted by Gasteiger charge is -2.34. The van der Waals surface area contributed by atoms with Crippen LogP contribution in [-0.4, -0.2) is 75.8 Å². The van der Waals surface area contributed by atoms with Crippen LogP contribution in [0, 0.1) is 6.92 Å². The number of rotatable bonds is 6. The van der Waals surface area contributed by atoms with Crippen molar-refractivity contribution in [2.45, 2.75) is 25.8 Å². The van der Waals surface area contributed by atoms with Crippen molar-refractivity contribution in [1.29, 1.82) is 0 Å². The Bertz CT molecular complexity index is 983. The lowest BCUT2D eigenvalue weighted by Crippen LogP contribution is -2.44. The molecule has 1 aliphatic rings. The van der Waals surface area contributed by atoms with Gasteiger partial charge in [0, 0.05) is 31.9 Å². The zero-order valence-electron chi connectivity index (χ0n) is 17.5. The van der Waals surface area contributed by atoms with E-state index < -0.39 is 0 Å². The molecule has 1 atom stereocenters. The first-order chi connectivity index (χ1) is 14.0. The first-order valence-corrected chi connectivity index (χ1v) is 10.3. The monoisotopic (exact) mass is 394 g/mol. The number of anilines is 1. The number of piperidine rings is 1. The highest BCUT2D eigenvalue weighted by molar-refractivity contribution is 5.74. The molecular formula is C22H30N6O. The molecule has 0 aliphatic carbocycles. The molecular weight excluding hydrogens is 364 g/mol. The lowest BCUT2D eigenvalue weighted by atomic mass is 10.1. The minimum atomic E-state index is 0.221. The summed E-state index contributed by atoms with van der Waals surface area (Å²) in [5.41, 5.74) is 2.67. The Kier molecular flexibility index (Phi) is 5.69. The summed E-state index contributed by atoms with van der Waals surface area (Å²) in [5.74, 6) is 1.66. The molecule has 0 saturated carbocycles. The summed E-state index contributed by atoms with van der Waals surface area (Å²) in [6.07, 6.45) is 4.28. The second-order valence-electron chi connectivity index (χ2n) is 8.24. The molecule has 0 spiro atoms. The largest absolute Gasteiger partial charge is 0.507 e. The maximum atomic E-state index is 10.4. The average Bonchev–Trinajstić information content (AvgIpc) is 3.18. The lowest BCUT2D eigenvalue weighted by molar-refractivity contribution is 0.197. The molecule has 0 radical (unpaired) electrons. The molecule has 1 saturated heterocycles. The van der Waals surface area contributed by atoms with Gasteiger partial charge >= 0.3 is 0 Å². The van der Waals surface area contributed by atoms with Crippen molar-refractivity contribution >= 4 is 11.3 Å². The van der Waals surface area contributed by atoms with Gasteiger partial charge in [-0.1, -0.05) is 6.07 Å². The topological polar surface area (TPSA) is 68.9 Å². The summed E-state index contributed by atoms with van der Waals surface area (Å²) in [7, 11) is 4.23. The van der Waals surface area contributed by atoms with Crippen LogP contribution in [0.4, 0.5) is 5.82 Å². The van der Waals surface area contributed by atoms with E-state index in [2.05, 4.69) is 39.4 Å². The number of aryl methyl sites for hydroxylation is 1. The highest BCUT2D eigenvalue weighted by atomic mass is 16.3. The Morgan fingerprint density at radius 1 is 1.24 bits per heavy atom. The van der Waals surface area contributed by atoms with Crippen molar-refractivity contribution in [1.82, 2.24) is 24.4 Å². The fourth-order valence-corrected chi connectivity index (χ4v) is 3.98. The third-order valence-corrected chi connectivity index (χ3v) is 5.57. The summed E-state index contributed by atoms with van der Waals surface area (Å²) >= 11 is 0. The van der Waals surface area contributed by atoms with E-state index in [1.165, 1.54) is 6.42 Å². The molecule has 4 rings (SSSR count). The van der Waals surface area contributed by atoms with Gasteiger partial charge in [0.25, 0.3) is 0 Å². The molecule has 1 aromatic carbocycles. The number of likely N-dealkylation sites (N-methyl/N-ethyl adjacent to an activating group) is 1. The molecule has 7 heteroatoms. The molecule has 1 fully saturated rings. The van der Waals surface area contributed by atoms with E-state index in [0.29, 0.717) is 17.4 Å². The summed E-state index contributed by atoms with van der Waals surface area (Å²) in [4.78, 5) is 4.74. The van der Waals surface area contributed by atoms with Crippen LogP contribution in [0.25, 0.3) is 16.9 Å². The first kappa shape index (κ1) is 19.7. The highest BCUT2D eigenvalue weighted by Gasteiger charge is 2.22. The number of likely N-dealkylation sites (tertiary alicyclic amines) is 1. The average molecular weight is 395 g/mol.